The number of benzene rings is 2. The summed E-state index contributed by atoms with van der Waals surface area (Å²) in [7, 11) is 0. The van der Waals surface area contributed by atoms with Gasteiger partial charge in [-0.05, 0) is 64.7 Å². The molecule has 174 valence electrons. The van der Waals surface area contributed by atoms with Gasteiger partial charge in [-0.15, -0.1) is 5.10 Å². The second kappa shape index (κ2) is 10.0. The van der Waals surface area contributed by atoms with E-state index in [1.807, 2.05) is 24.3 Å². The number of furan rings is 1. The highest BCUT2D eigenvalue weighted by Crippen LogP contribution is 2.34. The number of hydrogen-bond donors (Lipinski definition) is 1. The van der Waals surface area contributed by atoms with Crippen LogP contribution < -0.4 is 0 Å². The van der Waals surface area contributed by atoms with Crippen molar-refractivity contribution in [3.8, 4) is 5.75 Å². The Morgan fingerprint density at radius 3 is 2.59 bits per heavy atom. The van der Waals surface area contributed by atoms with Crippen LogP contribution in [0.4, 0.5) is 0 Å². The lowest BCUT2D eigenvalue weighted by Crippen LogP contribution is -2.28. The Balaban J connectivity index is 1.62. The normalized spacial score (nSPS) is 16.9. The van der Waals surface area contributed by atoms with Crippen LogP contribution >= 0.6 is 27.7 Å². The largest absolute Gasteiger partial charge is 0.507 e. The van der Waals surface area contributed by atoms with Gasteiger partial charge in [0.2, 0.25) is 0 Å². The minimum Gasteiger partial charge on any atom is -0.507 e. The van der Waals surface area contributed by atoms with Gasteiger partial charge in [-0.25, -0.2) is 0 Å². The third-order valence-corrected chi connectivity index (χ3v) is 6.68. The van der Waals surface area contributed by atoms with E-state index in [1.54, 1.807) is 30.5 Å². The predicted molar refractivity (Wildman–Crippen MR) is 141 cm³/mol. The van der Waals surface area contributed by atoms with Crippen LogP contribution in [0.1, 0.15) is 43.2 Å². The fraction of sp³-hybridized carbons (Fsp3) is 0.192. The number of amidine groups is 1. The molecule has 1 N–H and O–H groups in total. The summed E-state index contributed by atoms with van der Waals surface area (Å²) in [6.07, 6.45) is 4.89. The molecule has 0 aliphatic carbocycles. The number of phenols is 1. The molecule has 0 saturated carbocycles. The summed E-state index contributed by atoms with van der Waals surface area (Å²) in [5.41, 5.74) is 2.74. The van der Waals surface area contributed by atoms with E-state index >= 15 is 0 Å². The minimum absolute atomic E-state index is 0.0596. The summed E-state index contributed by atoms with van der Waals surface area (Å²) < 4.78 is 6.25. The highest BCUT2D eigenvalue weighted by atomic mass is 79.9. The molecule has 1 aromatic heterocycles. The number of carbonyl (C=O) groups excluding carboxylic acids is 1. The van der Waals surface area contributed by atoms with E-state index in [-0.39, 0.29) is 23.6 Å². The number of hydrogen-bond acceptors (Lipinski definition) is 6. The standard InChI is InChI=1S/C26H24BrN3O3S/c1-26(2,3)19-8-6-17(7-9-19)13-23-24(32)30(16-21-5-4-12-33-21)25(34-23)29-28-15-18-14-20(27)10-11-22(18)31/h4-15,31H,16H2,1-3H3/b23-13-,28-15-,29-25+. The van der Waals surface area contributed by atoms with E-state index < -0.39 is 0 Å². The summed E-state index contributed by atoms with van der Waals surface area (Å²) in [6, 6.07) is 16.8. The zero-order chi connectivity index (χ0) is 24.3. The molecule has 6 nitrogen and oxygen atoms in total. The average Bonchev–Trinajstić information content (AvgIpc) is 3.40. The third-order valence-electron chi connectivity index (χ3n) is 5.19. The van der Waals surface area contributed by atoms with Crippen LogP contribution in [0.2, 0.25) is 0 Å². The number of halogens is 1. The Morgan fingerprint density at radius 1 is 1.15 bits per heavy atom. The third kappa shape index (κ3) is 5.69. The number of amides is 1. The van der Waals surface area contributed by atoms with Crippen molar-refractivity contribution in [2.45, 2.75) is 32.7 Å². The number of nitrogens with zero attached hydrogens (tertiary/aromatic N) is 3. The van der Waals surface area contributed by atoms with Gasteiger partial charge in [0.15, 0.2) is 5.17 Å². The SMILES string of the molecule is CC(C)(C)c1ccc(/C=C2\S/C(=N/N=C\c3cc(Br)ccc3O)N(Cc3ccco3)C2=O)cc1. The molecule has 0 atom stereocenters. The van der Waals surface area contributed by atoms with Crippen LogP contribution in [0.25, 0.3) is 6.08 Å². The first-order valence-electron chi connectivity index (χ1n) is 10.6. The molecule has 1 fully saturated rings. The number of rotatable bonds is 5. The lowest BCUT2D eigenvalue weighted by Gasteiger charge is -2.18. The smallest absolute Gasteiger partial charge is 0.267 e. The first kappa shape index (κ1) is 24.0. The van der Waals surface area contributed by atoms with Crippen LogP contribution in [0.5, 0.6) is 5.75 Å². The molecule has 1 amide bonds. The average molecular weight is 538 g/mol. The van der Waals surface area contributed by atoms with Gasteiger partial charge in [0, 0.05) is 10.0 Å². The minimum atomic E-state index is -0.166. The molecule has 2 heterocycles. The molecule has 0 radical (unpaired) electrons. The van der Waals surface area contributed by atoms with Crippen molar-refractivity contribution in [2.24, 2.45) is 10.2 Å². The fourth-order valence-electron chi connectivity index (χ4n) is 3.28. The number of thioether (sulfide) groups is 1. The van der Waals surface area contributed by atoms with E-state index in [4.69, 9.17) is 4.42 Å². The summed E-state index contributed by atoms with van der Waals surface area (Å²) in [5, 5.41) is 18.9. The van der Waals surface area contributed by atoms with Crippen molar-refractivity contribution in [3.05, 3.63) is 92.7 Å². The van der Waals surface area contributed by atoms with Gasteiger partial charge in [0.1, 0.15) is 11.5 Å². The van der Waals surface area contributed by atoms with Crippen molar-refractivity contribution in [3.63, 3.8) is 0 Å². The van der Waals surface area contributed by atoms with Crippen molar-refractivity contribution >= 4 is 51.1 Å². The van der Waals surface area contributed by atoms with Crippen molar-refractivity contribution in [1.29, 1.82) is 0 Å². The zero-order valence-corrected chi connectivity index (χ0v) is 21.4. The Hall–Kier alpha value is -3.10. The predicted octanol–water partition coefficient (Wildman–Crippen LogP) is 6.55. The fourth-order valence-corrected chi connectivity index (χ4v) is 4.59. The molecular formula is C26H24BrN3O3S. The molecule has 1 aliphatic heterocycles. The molecule has 34 heavy (non-hydrogen) atoms. The lowest BCUT2D eigenvalue weighted by atomic mass is 9.87. The molecule has 0 spiro atoms. The molecule has 1 saturated heterocycles. The van der Waals surface area contributed by atoms with E-state index in [9.17, 15) is 9.90 Å². The number of phenolic OH excluding ortho intramolecular Hbond substituents is 1. The quantitative estimate of drug-likeness (QED) is 0.227. The molecule has 0 unspecified atom stereocenters. The molecule has 2 aromatic carbocycles. The lowest BCUT2D eigenvalue weighted by molar-refractivity contribution is -0.122. The maximum absolute atomic E-state index is 13.2. The molecular weight excluding hydrogens is 514 g/mol. The highest BCUT2D eigenvalue weighted by molar-refractivity contribution is 9.10. The van der Waals surface area contributed by atoms with Gasteiger partial charge in [0.05, 0.1) is 23.9 Å². The highest BCUT2D eigenvalue weighted by Gasteiger charge is 2.34. The van der Waals surface area contributed by atoms with Crippen molar-refractivity contribution in [1.82, 2.24) is 4.90 Å². The van der Waals surface area contributed by atoms with Crippen LogP contribution in [0, 0.1) is 0 Å². The zero-order valence-electron chi connectivity index (χ0n) is 19.0. The Morgan fingerprint density at radius 2 is 1.91 bits per heavy atom. The maximum atomic E-state index is 13.2. The first-order valence-corrected chi connectivity index (χ1v) is 12.3. The van der Waals surface area contributed by atoms with E-state index in [0.29, 0.717) is 21.4 Å². The van der Waals surface area contributed by atoms with Gasteiger partial charge in [-0.3, -0.25) is 9.69 Å². The summed E-state index contributed by atoms with van der Waals surface area (Å²) in [5.74, 6) is 0.570. The van der Waals surface area contributed by atoms with Gasteiger partial charge in [0.25, 0.3) is 5.91 Å². The van der Waals surface area contributed by atoms with Crippen LogP contribution in [-0.4, -0.2) is 27.3 Å². The van der Waals surface area contributed by atoms with Crippen molar-refractivity contribution < 1.29 is 14.3 Å². The van der Waals surface area contributed by atoms with E-state index in [1.165, 1.54) is 28.4 Å². The van der Waals surface area contributed by atoms with Crippen LogP contribution in [0.15, 0.2) is 84.9 Å². The topological polar surface area (TPSA) is 78.4 Å². The second-order valence-corrected chi connectivity index (χ2v) is 10.7. The van der Waals surface area contributed by atoms with Crippen LogP contribution in [0.3, 0.4) is 0 Å². The number of aromatic hydroxyl groups is 1. The second-order valence-electron chi connectivity index (χ2n) is 8.78. The van der Waals surface area contributed by atoms with Crippen molar-refractivity contribution in [2.75, 3.05) is 0 Å². The van der Waals surface area contributed by atoms with Crippen LogP contribution in [-0.2, 0) is 16.8 Å². The van der Waals surface area contributed by atoms with Gasteiger partial charge in [-0.2, -0.15) is 5.10 Å². The summed E-state index contributed by atoms with van der Waals surface area (Å²) in [6.45, 7) is 6.75. The van der Waals surface area contributed by atoms with E-state index in [0.717, 1.165) is 10.0 Å². The summed E-state index contributed by atoms with van der Waals surface area (Å²) in [4.78, 5) is 15.3. The Bertz CT molecular complexity index is 1270. The molecule has 1 aliphatic rings. The molecule has 8 heteroatoms. The Labute approximate surface area is 211 Å². The van der Waals surface area contributed by atoms with Gasteiger partial charge >= 0.3 is 0 Å². The van der Waals surface area contributed by atoms with Gasteiger partial charge < -0.3 is 9.52 Å². The molecule has 4 rings (SSSR count). The molecule has 3 aromatic rings. The summed E-state index contributed by atoms with van der Waals surface area (Å²) >= 11 is 4.63. The van der Waals surface area contributed by atoms with Gasteiger partial charge in [-0.1, -0.05) is 61.0 Å². The first-order chi connectivity index (χ1) is 16.2. The Kier molecular flexibility index (Phi) is 7.09. The van der Waals surface area contributed by atoms with E-state index in [2.05, 4.69) is 59.0 Å². The molecule has 0 bridgehead atoms. The monoisotopic (exact) mass is 537 g/mol. The number of carbonyl (C=O) groups is 1. The maximum Gasteiger partial charge on any atom is 0.267 e.